The lowest BCUT2D eigenvalue weighted by Crippen LogP contribution is -2.24. The van der Waals surface area contributed by atoms with E-state index in [1.807, 2.05) is 12.1 Å². The molecule has 1 aromatic rings. The van der Waals surface area contributed by atoms with Crippen LogP contribution in [-0.4, -0.2) is 15.3 Å². The number of rotatable bonds is 4. The van der Waals surface area contributed by atoms with Crippen LogP contribution in [0.15, 0.2) is 12.1 Å². The van der Waals surface area contributed by atoms with Gasteiger partial charge < -0.3 is 15.3 Å². The van der Waals surface area contributed by atoms with Crippen LogP contribution in [0.2, 0.25) is 0 Å². The first kappa shape index (κ1) is 18.0. The Hall–Kier alpha value is -1.06. The van der Waals surface area contributed by atoms with Crippen molar-refractivity contribution in [2.45, 2.75) is 67.1 Å². The minimum absolute atomic E-state index is 0.00664. The summed E-state index contributed by atoms with van der Waals surface area (Å²) in [6.07, 6.45) is 0.997. The molecule has 0 saturated carbocycles. The smallest absolute Gasteiger partial charge is 0.126 e. The van der Waals surface area contributed by atoms with Gasteiger partial charge in [0.2, 0.25) is 0 Å². The van der Waals surface area contributed by atoms with Crippen molar-refractivity contribution in [3.8, 4) is 5.75 Å². The molecule has 1 rings (SSSR count). The molecule has 0 aromatic heterocycles. The second-order valence-electron chi connectivity index (χ2n) is 8.19. The monoisotopic (exact) mass is 294 g/mol. The zero-order valence-electron chi connectivity index (χ0n) is 14.2. The van der Waals surface area contributed by atoms with Crippen molar-refractivity contribution in [3.05, 3.63) is 28.8 Å². The zero-order valence-corrected chi connectivity index (χ0v) is 14.2. The van der Waals surface area contributed by atoms with Crippen LogP contribution in [-0.2, 0) is 13.2 Å². The Balaban J connectivity index is 3.37. The maximum absolute atomic E-state index is 10.0. The molecule has 0 aliphatic rings. The molecule has 1 aromatic carbocycles. The molecule has 120 valence electrons. The van der Waals surface area contributed by atoms with Gasteiger partial charge in [-0.3, -0.25) is 0 Å². The quantitative estimate of drug-likeness (QED) is 0.788. The fraction of sp³-hybridized carbons (Fsp3) is 0.667. The van der Waals surface area contributed by atoms with E-state index in [9.17, 15) is 15.3 Å². The van der Waals surface area contributed by atoms with Crippen LogP contribution in [0.25, 0.3) is 0 Å². The molecular weight excluding hydrogens is 264 g/mol. The van der Waals surface area contributed by atoms with Gasteiger partial charge >= 0.3 is 0 Å². The Morgan fingerprint density at radius 1 is 0.905 bits per heavy atom. The van der Waals surface area contributed by atoms with Gasteiger partial charge in [0.15, 0.2) is 0 Å². The van der Waals surface area contributed by atoms with Crippen molar-refractivity contribution >= 4 is 0 Å². The van der Waals surface area contributed by atoms with E-state index >= 15 is 0 Å². The summed E-state index contributed by atoms with van der Waals surface area (Å²) in [4.78, 5) is 0. The Morgan fingerprint density at radius 2 is 1.33 bits per heavy atom. The Kier molecular flexibility index (Phi) is 5.46. The van der Waals surface area contributed by atoms with Crippen LogP contribution >= 0.6 is 0 Å². The SMILES string of the molecule is CC(C)(C)CC(c1cc(CO)c(O)c(CO)c1)C(C)(C)C. The van der Waals surface area contributed by atoms with Gasteiger partial charge in [-0.15, -0.1) is 0 Å². The molecule has 1 unspecified atom stereocenters. The predicted molar refractivity (Wildman–Crippen MR) is 86.2 cm³/mol. The first-order valence-electron chi connectivity index (χ1n) is 7.56. The first-order valence-corrected chi connectivity index (χ1v) is 7.56. The van der Waals surface area contributed by atoms with Crippen LogP contribution in [0, 0.1) is 10.8 Å². The normalized spacial score (nSPS) is 14.3. The van der Waals surface area contributed by atoms with Gasteiger partial charge in [0.05, 0.1) is 13.2 Å². The number of hydrogen-bond donors (Lipinski definition) is 3. The third-order valence-electron chi connectivity index (χ3n) is 3.90. The molecule has 0 aliphatic heterocycles. The lowest BCUT2D eigenvalue weighted by Gasteiger charge is -2.36. The second-order valence-corrected chi connectivity index (χ2v) is 8.19. The van der Waals surface area contributed by atoms with Gasteiger partial charge in [-0.2, -0.15) is 0 Å². The van der Waals surface area contributed by atoms with Crippen molar-refractivity contribution in [1.29, 1.82) is 0 Å². The van der Waals surface area contributed by atoms with Crippen LogP contribution in [0.5, 0.6) is 5.75 Å². The number of aliphatic hydroxyl groups excluding tert-OH is 2. The molecule has 3 N–H and O–H groups in total. The van der Waals surface area contributed by atoms with E-state index < -0.39 is 0 Å². The lowest BCUT2D eigenvalue weighted by atomic mass is 9.69. The molecule has 3 heteroatoms. The number of phenols is 1. The molecule has 0 aliphatic carbocycles. The molecule has 0 amide bonds. The summed E-state index contributed by atoms with van der Waals surface area (Å²) in [5, 5.41) is 28.9. The average Bonchev–Trinajstić information content (AvgIpc) is 2.34. The molecule has 0 fully saturated rings. The lowest BCUT2D eigenvalue weighted by molar-refractivity contribution is 0.227. The predicted octanol–water partition coefficient (Wildman–Crippen LogP) is 3.94. The first-order chi connectivity index (χ1) is 9.49. The summed E-state index contributed by atoms with van der Waals surface area (Å²) < 4.78 is 0. The third-order valence-corrected chi connectivity index (χ3v) is 3.90. The largest absolute Gasteiger partial charge is 0.507 e. The van der Waals surface area contributed by atoms with Gasteiger partial charge in [0.25, 0.3) is 0 Å². The van der Waals surface area contributed by atoms with E-state index in [1.165, 1.54) is 0 Å². The summed E-state index contributed by atoms with van der Waals surface area (Å²) >= 11 is 0. The van der Waals surface area contributed by atoms with Crippen molar-refractivity contribution in [2.75, 3.05) is 0 Å². The van der Waals surface area contributed by atoms with Crippen molar-refractivity contribution in [1.82, 2.24) is 0 Å². The Labute approximate surface area is 128 Å². The van der Waals surface area contributed by atoms with E-state index in [2.05, 4.69) is 41.5 Å². The standard InChI is InChI=1S/C18H30O3/c1-17(2,3)9-15(18(4,5)6)12-7-13(10-19)16(21)14(8-12)11-20/h7-8,15,19-21H,9-11H2,1-6H3. The molecular formula is C18H30O3. The molecule has 21 heavy (non-hydrogen) atoms. The van der Waals surface area contributed by atoms with Crippen molar-refractivity contribution in [3.63, 3.8) is 0 Å². The second kappa shape index (κ2) is 6.37. The molecule has 0 heterocycles. The fourth-order valence-corrected chi connectivity index (χ4v) is 2.77. The highest BCUT2D eigenvalue weighted by Crippen LogP contribution is 2.44. The molecule has 3 nitrogen and oxygen atoms in total. The van der Waals surface area contributed by atoms with E-state index in [1.54, 1.807) is 0 Å². The van der Waals surface area contributed by atoms with E-state index in [0.29, 0.717) is 11.1 Å². The summed E-state index contributed by atoms with van der Waals surface area (Å²) in [6.45, 7) is 12.8. The summed E-state index contributed by atoms with van der Waals surface area (Å²) in [5.41, 5.74) is 2.28. The number of benzene rings is 1. The maximum Gasteiger partial charge on any atom is 0.126 e. The zero-order chi connectivity index (χ0) is 16.4. The topological polar surface area (TPSA) is 60.7 Å². The number of aromatic hydroxyl groups is 1. The highest BCUT2D eigenvalue weighted by atomic mass is 16.3. The van der Waals surface area contributed by atoms with Gasteiger partial charge in [-0.05, 0) is 40.9 Å². The van der Waals surface area contributed by atoms with E-state index in [-0.39, 0.29) is 35.7 Å². The van der Waals surface area contributed by atoms with E-state index in [0.717, 1.165) is 12.0 Å². The van der Waals surface area contributed by atoms with Gasteiger partial charge in [0, 0.05) is 11.1 Å². The summed E-state index contributed by atoms with van der Waals surface area (Å²) in [6, 6.07) is 3.74. The van der Waals surface area contributed by atoms with E-state index in [4.69, 9.17) is 0 Å². The molecule has 0 spiro atoms. The fourth-order valence-electron chi connectivity index (χ4n) is 2.77. The van der Waals surface area contributed by atoms with Crippen LogP contribution < -0.4 is 0 Å². The highest BCUT2D eigenvalue weighted by Gasteiger charge is 2.31. The van der Waals surface area contributed by atoms with Crippen LogP contribution in [0.3, 0.4) is 0 Å². The van der Waals surface area contributed by atoms with Gasteiger partial charge in [-0.25, -0.2) is 0 Å². The molecule has 0 radical (unpaired) electrons. The van der Waals surface area contributed by atoms with Crippen molar-refractivity contribution in [2.24, 2.45) is 10.8 Å². The highest BCUT2D eigenvalue weighted by molar-refractivity contribution is 5.44. The minimum Gasteiger partial charge on any atom is -0.507 e. The molecule has 1 atom stereocenters. The number of hydrogen-bond acceptors (Lipinski definition) is 3. The summed E-state index contributed by atoms with van der Waals surface area (Å²) in [7, 11) is 0. The molecule has 0 saturated heterocycles. The van der Waals surface area contributed by atoms with Crippen LogP contribution in [0.4, 0.5) is 0 Å². The summed E-state index contributed by atoms with van der Waals surface area (Å²) in [5.74, 6) is 0.292. The maximum atomic E-state index is 10.0. The average molecular weight is 294 g/mol. The van der Waals surface area contributed by atoms with Crippen LogP contribution in [0.1, 0.15) is 70.6 Å². The third kappa shape index (κ3) is 4.72. The van der Waals surface area contributed by atoms with Gasteiger partial charge in [-0.1, -0.05) is 41.5 Å². The Morgan fingerprint density at radius 3 is 1.62 bits per heavy atom. The molecule has 0 bridgehead atoms. The minimum atomic E-state index is -0.223. The Bertz CT molecular complexity index is 453. The van der Waals surface area contributed by atoms with Gasteiger partial charge in [0.1, 0.15) is 5.75 Å². The van der Waals surface area contributed by atoms with Crippen molar-refractivity contribution < 1.29 is 15.3 Å². The number of aliphatic hydroxyl groups is 2.